The predicted molar refractivity (Wildman–Crippen MR) is 97.4 cm³/mol. The van der Waals surface area contributed by atoms with Gasteiger partial charge in [0.2, 0.25) is 5.91 Å². The fourth-order valence-electron chi connectivity index (χ4n) is 2.24. The van der Waals surface area contributed by atoms with E-state index in [1.165, 1.54) is 5.56 Å². The molecule has 1 amide bonds. The molecule has 0 bridgehead atoms. The first-order valence-electron chi connectivity index (χ1n) is 8.29. The molecule has 0 aliphatic carbocycles. The zero-order valence-electron chi connectivity index (χ0n) is 15.0. The molecule has 0 fully saturated rings. The predicted octanol–water partition coefficient (Wildman–Crippen LogP) is 3.31. The van der Waals surface area contributed by atoms with E-state index in [1.54, 1.807) is 19.1 Å². The van der Waals surface area contributed by atoms with Gasteiger partial charge >= 0.3 is 0 Å². The molecule has 25 heavy (non-hydrogen) atoms. The van der Waals surface area contributed by atoms with Crippen molar-refractivity contribution in [1.29, 1.82) is 0 Å². The first kappa shape index (κ1) is 18.6. The minimum atomic E-state index is 0.0161. The Labute approximate surface area is 149 Å². The molecule has 2 aromatic rings. The third-order valence-electron chi connectivity index (χ3n) is 3.78. The summed E-state index contributed by atoms with van der Waals surface area (Å²) in [5.74, 6) is 2.13. The average molecular weight is 343 g/mol. The molecule has 2 rings (SSSR count). The standard InChI is InChI=1S/C20H25NO4/c1-16-8-10-17(11-9-16)24-15-13-21(2)20(22)12-14-25-19-7-5-4-6-18(19)23-3/h4-11H,12-15H2,1-3H3. The SMILES string of the molecule is COc1ccccc1OCCC(=O)N(C)CCOc1ccc(C)cc1. The Hall–Kier alpha value is -2.69. The number of ether oxygens (including phenoxy) is 3. The number of nitrogens with zero attached hydrogens (tertiary/aromatic N) is 1. The Kier molecular flexibility index (Phi) is 7.14. The van der Waals surface area contributed by atoms with Crippen molar-refractivity contribution in [3.63, 3.8) is 0 Å². The van der Waals surface area contributed by atoms with E-state index in [9.17, 15) is 4.79 Å². The number of hydrogen-bond donors (Lipinski definition) is 0. The number of likely N-dealkylation sites (N-methyl/N-ethyl adjacent to an activating group) is 1. The molecule has 0 aliphatic heterocycles. The van der Waals surface area contributed by atoms with Gasteiger partial charge in [-0.25, -0.2) is 0 Å². The summed E-state index contributed by atoms with van der Waals surface area (Å²) in [6, 6.07) is 15.2. The molecule has 0 N–H and O–H groups in total. The molecule has 0 atom stereocenters. The van der Waals surface area contributed by atoms with E-state index in [2.05, 4.69) is 0 Å². The lowest BCUT2D eigenvalue weighted by Crippen LogP contribution is -2.31. The van der Waals surface area contributed by atoms with Crippen molar-refractivity contribution in [2.75, 3.05) is 33.9 Å². The van der Waals surface area contributed by atoms with Gasteiger partial charge in [-0.2, -0.15) is 0 Å². The number of para-hydroxylation sites is 2. The fraction of sp³-hybridized carbons (Fsp3) is 0.350. The largest absolute Gasteiger partial charge is 0.493 e. The summed E-state index contributed by atoms with van der Waals surface area (Å²) in [6.45, 7) is 3.33. The Morgan fingerprint density at radius 2 is 1.64 bits per heavy atom. The smallest absolute Gasteiger partial charge is 0.225 e. The highest BCUT2D eigenvalue weighted by Gasteiger charge is 2.10. The number of benzene rings is 2. The third-order valence-corrected chi connectivity index (χ3v) is 3.78. The van der Waals surface area contributed by atoms with Gasteiger partial charge in [-0.1, -0.05) is 29.8 Å². The summed E-state index contributed by atoms with van der Waals surface area (Å²) in [5.41, 5.74) is 1.19. The third kappa shape index (κ3) is 6.03. The molecule has 134 valence electrons. The zero-order chi connectivity index (χ0) is 18.1. The van der Waals surface area contributed by atoms with E-state index in [-0.39, 0.29) is 5.91 Å². The lowest BCUT2D eigenvalue weighted by atomic mass is 10.2. The molecular formula is C20H25NO4. The highest BCUT2D eigenvalue weighted by atomic mass is 16.5. The molecule has 0 radical (unpaired) electrons. The topological polar surface area (TPSA) is 48.0 Å². The van der Waals surface area contributed by atoms with Crippen LogP contribution in [0.1, 0.15) is 12.0 Å². The van der Waals surface area contributed by atoms with E-state index < -0.39 is 0 Å². The summed E-state index contributed by atoms with van der Waals surface area (Å²) in [4.78, 5) is 13.8. The van der Waals surface area contributed by atoms with Crippen LogP contribution in [-0.2, 0) is 4.79 Å². The second kappa shape index (κ2) is 9.57. The molecule has 0 heterocycles. The molecule has 5 heteroatoms. The maximum atomic E-state index is 12.1. The molecule has 0 spiro atoms. The number of methoxy groups -OCH3 is 1. The Bertz CT molecular complexity index is 670. The van der Waals surface area contributed by atoms with Gasteiger partial charge in [0, 0.05) is 7.05 Å². The van der Waals surface area contributed by atoms with Crippen molar-refractivity contribution in [1.82, 2.24) is 4.90 Å². The quantitative estimate of drug-likeness (QED) is 0.701. The van der Waals surface area contributed by atoms with Gasteiger partial charge in [-0.3, -0.25) is 4.79 Å². The second-order valence-electron chi connectivity index (χ2n) is 5.73. The highest BCUT2D eigenvalue weighted by Crippen LogP contribution is 2.25. The van der Waals surface area contributed by atoms with E-state index in [0.29, 0.717) is 37.7 Å². The minimum Gasteiger partial charge on any atom is -0.493 e. The van der Waals surface area contributed by atoms with Crippen molar-refractivity contribution < 1.29 is 19.0 Å². The Morgan fingerprint density at radius 3 is 2.32 bits per heavy atom. The lowest BCUT2D eigenvalue weighted by Gasteiger charge is -2.18. The number of carbonyl (C=O) groups is 1. The number of aryl methyl sites for hydroxylation is 1. The Morgan fingerprint density at radius 1 is 0.960 bits per heavy atom. The van der Waals surface area contributed by atoms with Crippen LogP contribution in [0.25, 0.3) is 0 Å². The molecule has 5 nitrogen and oxygen atoms in total. The van der Waals surface area contributed by atoms with E-state index in [0.717, 1.165) is 5.75 Å². The summed E-state index contributed by atoms with van der Waals surface area (Å²) in [5, 5.41) is 0. The molecular weight excluding hydrogens is 318 g/mol. The number of amides is 1. The van der Waals surface area contributed by atoms with E-state index in [4.69, 9.17) is 14.2 Å². The van der Waals surface area contributed by atoms with Gasteiger partial charge in [0.15, 0.2) is 11.5 Å². The number of rotatable bonds is 9. The van der Waals surface area contributed by atoms with Crippen LogP contribution in [0, 0.1) is 6.92 Å². The maximum absolute atomic E-state index is 12.1. The van der Waals surface area contributed by atoms with Gasteiger partial charge in [0.25, 0.3) is 0 Å². The van der Waals surface area contributed by atoms with Crippen LogP contribution < -0.4 is 14.2 Å². The average Bonchev–Trinajstić information content (AvgIpc) is 2.63. The van der Waals surface area contributed by atoms with Crippen LogP contribution in [0.15, 0.2) is 48.5 Å². The molecule has 0 aromatic heterocycles. The highest BCUT2D eigenvalue weighted by molar-refractivity contribution is 5.76. The van der Waals surface area contributed by atoms with Gasteiger partial charge in [-0.15, -0.1) is 0 Å². The van der Waals surface area contributed by atoms with Crippen LogP contribution in [0.4, 0.5) is 0 Å². The number of hydrogen-bond acceptors (Lipinski definition) is 4. The van der Waals surface area contributed by atoms with Crippen molar-refractivity contribution in [3.05, 3.63) is 54.1 Å². The van der Waals surface area contributed by atoms with Crippen molar-refractivity contribution in [2.24, 2.45) is 0 Å². The molecule has 0 saturated carbocycles. The molecule has 0 unspecified atom stereocenters. The van der Waals surface area contributed by atoms with Gasteiger partial charge in [-0.05, 0) is 31.2 Å². The lowest BCUT2D eigenvalue weighted by molar-refractivity contribution is -0.130. The first-order chi connectivity index (χ1) is 12.1. The van der Waals surface area contributed by atoms with Crippen molar-refractivity contribution >= 4 is 5.91 Å². The van der Waals surface area contributed by atoms with Crippen molar-refractivity contribution in [2.45, 2.75) is 13.3 Å². The van der Waals surface area contributed by atoms with E-state index >= 15 is 0 Å². The zero-order valence-corrected chi connectivity index (χ0v) is 15.0. The molecule has 0 aliphatic rings. The minimum absolute atomic E-state index is 0.0161. The molecule has 0 saturated heterocycles. The summed E-state index contributed by atoms with van der Waals surface area (Å²) in [7, 11) is 3.36. The fourth-order valence-corrected chi connectivity index (χ4v) is 2.24. The van der Waals surface area contributed by atoms with Crippen LogP contribution in [0.3, 0.4) is 0 Å². The number of carbonyl (C=O) groups excluding carboxylic acids is 1. The van der Waals surface area contributed by atoms with Gasteiger partial charge in [0.05, 0.1) is 26.7 Å². The normalized spacial score (nSPS) is 10.2. The van der Waals surface area contributed by atoms with Crippen LogP contribution in [0.5, 0.6) is 17.2 Å². The van der Waals surface area contributed by atoms with E-state index in [1.807, 2.05) is 55.5 Å². The van der Waals surface area contributed by atoms with Gasteiger partial charge in [0.1, 0.15) is 12.4 Å². The maximum Gasteiger partial charge on any atom is 0.225 e. The molecule has 2 aromatic carbocycles. The van der Waals surface area contributed by atoms with Crippen LogP contribution in [-0.4, -0.2) is 44.7 Å². The summed E-state index contributed by atoms with van der Waals surface area (Å²) in [6.07, 6.45) is 0.305. The van der Waals surface area contributed by atoms with Crippen LogP contribution in [0.2, 0.25) is 0 Å². The summed E-state index contributed by atoms with van der Waals surface area (Å²) < 4.78 is 16.5. The van der Waals surface area contributed by atoms with Crippen molar-refractivity contribution in [3.8, 4) is 17.2 Å². The monoisotopic (exact) mass is 343 g/mol. The summed E-state index contributed by atoms with van der Waals surface area (Å²) >= 11 is 0. The van der Waals surface area contributed by atoms with Gasteiger partial charge < -0.3 is 19.1 Å². The Balaban J connectivity index is 1.68. The van der Waals surface area contributed by atoms with Crippen LogP contribution >= 0.6 is 0 Å². The first-order valence-corrected chi connectivity index (χ1v) is 8.29. The second-order valence-corrected chi connectivity index (χ2v) is 5.73.